The largest absolute Gasteiger partial charge is 0.369 e. The van der Waals surface area contributed by atoms with Gasteiger partial charge in [0.2, 0.25) is 0 Å². The minimum atomic E-state index is 0.467. The molecule has 1 aliphatic rings. The van der Waals surface area contributed by atoms with Crippen LogP contribution in [0.2, 0.25) is 0 Å². The monoisotopic (exact) mass is 289 g/mol. The second-order valence-corrected chi connectivity index (χ2v) is 6.19. The Morgan fingerprint density at radius 2 is 1.71 bits per heavy atom. The number of hydrogen-bond acceptors (Lipinski definition) is 3. The molecule has 1 saturated heterocycles. The Labute approximate surface area is 130 Å². The van der Waals surface area contributed by atoms with Gasteiger partial charge in [0, 0.05) is 44.0 Å². The van der Waals surface area contributed by atoms with Crippen LogP contribution in [0.4, 0.5) is 5.69 Å². The third-order valence-corrected chi connectivity index (χ3v) is 4.56. The van der Waals surface area contributed by atoms with E-state index < -0.39 is 0 Å². The van der Waals surface area contributed by atoms with Crippen molar-refractivity contribution in [3.8, 4) is 0 Å². The molecule has 0 aromatic heterocycles. The number of piperazine rings is 1. The number of hydrogen-bond donors (Lipinski definition) is 1. The lowest BCUT2D eigenvalue weighted by atomic mass is 10.0. The number of anilines is 1. The Morgan fingerprint density at radius 3 is 2.29 bits per heavy atom. The first-order valence-corrected chi connectivity index (χ1v) is 8.48. The molecule has 0 amide bonds. The van der Waals surface area contributed by atoms with Crippen molar-refractivity contribution in [2.24, 2.45) is 0 Å². The lowest BCUT2D eigenvalue weighted by molar-refractivity contribution is 0.209. The summed E-state index contributed by atoms with van der Waals surface area (Å²) in [7, 11) is 0. The lowest BCUT2D eigenvalue weighted by Gasteiger charge is -2.39. The lowest BCUT2D eigenvalue weighted by Crippen LogP contribution is -2.49. The van der Waals surface area contributed by atoms with Gasteiger partial charge in [-0.25, -0.2) is 0 Å². The van der Waals surface area contributed by atoms with Crippen molar-refractivity contribution in [2.45, 2.75) is 46.2 Å². The summed E-state index contributed by atoms with van der Waals surface area (Å²) in [5.41, 5.74) is 2.88. The SMILES string of the molecule is CCNC(CC)c1ccccc1N1CCN(C(C)C)CC1. The molecule has 1 fully saturated rings. The number of nitrogens with zero attached hydrogens (tertiary/aromatic N) is 2. The molecule has 118 valence electrons. The molecule has 1 N–H and O–H groups in total. The predicted molar refractivity (Wildman–Crippen MR) is 92.1 cm³/mol. The van der Waals surface area contributed by atoms with E-state index in [0.717, 1.165) is 26.1 Å². The zero-order valence-electron chi connectivity index (χ0n) is 14.1. The molecule has 0 spiro atoms. The van der Waals surface area contributed by atoms with Gasteiger partial charge in [-0.15, -0.1) is 0 Å². The molecule has 0 bridgehead atoms. The fraction of sp³-hybridized carbons (Fsp3) is 0.667. The third kappa shape index (κ3) is 3.98. The summed E-state index contributed by atoms with van der Waals surface area (Å²) in [6.45, 7) is 14.7. The van der Waals surface area contributed by atoms with Gasteiger partial charge < -0.3 is 10.2 Å². The molecule has 2 rings (SSSR count). The number of benzene rings is 1. The molecule has 1 aromatic rings. The number of nitrogens with one attached hydrogen (secondary N) is 1. The van der Waals surface area contributed by atoms with Crippen molar-refractivity contribution in [1.82, 2.24) is 10.2 Å². The summed E-state index contributed by atoms with van der Waals surface area (Å²) in [4.78, 5) is 5.13. The van der Waals surface area contributed by atoms with Gasteiger partial charge in [-0.3, -0.25) is 4.90 Å². The zero-order chi connectivity index (χ0) is 15.2. The molecule has 0 aliphatic carbocycles. The molecule has 3 heteroatoms. The Kier molecular flexibility index (Phi) is 6.07. The zero-order valence-corrected chi connectivity index (χ0v) is 14.1. The molecule has 0 saturated carbocycles. The van der Waals surface area contributed by atoms with E-state index >= 15 is 0 Å². The maximum Gasteiger partial charge on any atom is 0.0415 e. The van der Waals surface area contributed by atoms with Crippen molar-refractivity contribution >= 4 is 5.69 Å². The van der Waals surface area contributed by atoms with E-state index in [0.29, 0.717) is 12.1 Å². The van der Waals surface area contributed by atoms with Gasteiger partial charge >= 0.3 is 0 Å². The fourth-order valence-electron chi connectivity index (χ4n) is 3.27. The van der Waals surface area contributed by atoms with E-state index in [-0.39, 0.29) is 0 Å². The third-order valence-electron chi connectivity index (χ3n) is 4.56. The standard InChI is InChI=1S/C18H31N3/c1-5-17(19-6-2)16-9-7-8-10-18(16)21-13-11-20(12-14-21)15(3)4/h7-10,15,17,19H,5-6,11-14H2,1-4H3. The van der Waals surface area contributed by atoms with Crippen LogP contribution in [0.15, 0.2) is 24.3 Å². The normalized spacial score (nSPS) is 18.2. The molecular formula is C18H31N3. The van der Waals surface area contributed by atoms with Gasteiger partial charge in [0.15, 0.2) is 0 Å². The Hall–Kier alpha value is -1.06. The molecule has 1 atom stereocenters. The van der Waals surface area contributed by atoms with Gasteiger partial charge in [-0.1, -0.05) is 32.0 Å². The quantitative estimate of drug-likeness (QED) is 0.867. The van der Waals surface area contributed by atoms with Gasteiger partial charge in [-0.2, -0.15) is 0 Å². The highest BCUT2D eigenvalue weighted by Gasteiger charge is 2.22. The Morgan fingerprint density at radius 1 is 1.05 bits per heavy atom. The topological polar surface area (TPSA) is 18.5 Å². The van der Waals surface area contributed by atoms with Crippen molar-refractivity contribution in [3.63, 3.8) is 0 Å². The van der Waals surface area contributed by atoms with Gasteiger partial charge in [0.1, 0.15) is 0 Å². The van der Waals surface area contributed by atoms with Crippen LogP contribution in [0.25, 0.3) is 0 Å². The predicted octanol–water partition coefficient (Wildman–Crippen LogP) is 3.28. The minimum Gasteiger partial charge on any atom is -0.369 e. The molecule has 1 heterocycles. The van der Waals surface area contributed by atoms with Crippen molar-refractivity contribution in [1.29, 1.82) is 0 Å². The van der Waals surface area contributed by atoms with Crippen molar-refractivity contribution in [2.75, 3.05) is 37.6 Å². The van der Waals surface area contributed by atoms with Gasteiger partial charge in [0.25, 0.3) is 0 Å². The number of rotatable bonds is 6. The summed E-state index contributed by atoms with van der Waals surface area (Å²) < 4.78 is 0. The highest BCUT2D eigenvalue weighted by Crippen LogP contribution is 2.29. The maximum atomic E-state index is 3.62. The molecular weight excluding hydrogens is 258 g/mol. The van der Waals surface area contributed by atoms with Gasteiger partial charge in [0.05, 0.1) is 0 Å². The molecule has 21 heavy (non-hydrogen) atoms. The van der Waals surface area contributed by atoms with E-state index in [1.807, 2.05) is 0 Å². The molecule has 1 aliphatic heterocycles. The van der Waals surface area contributed by atoms with E-state index in [1.54, 1.807) is 0 Å². The summed E-state index contributed by atoms with van der Waals surface area (Å²) >= 11 is 0. The van der Waals surface area contributed by atoms with E-state index in [9.17, 15) is 0 Å². The molecule has 3 nitrogen and oxygen atoms in total. The summed E-state index contributed by atoms with van der Waals surface area (Å²) in [6.07, 6.45) is 1.14. The Balaban J connectivity index is 2.13. The second kappa shape index (κ2) is 7.81. The average molecular weight is 289 g/mol. The molecule has 1 aromatic carbocycles. The summed E-state index contributed by atoms with van der Waals surface area (Å²) in [5.74, 6) is 0. The van der Waals surface area contributed by atoms with E-state index in [1.165, 1.54) is 24.3 Å². The maximum absolute atomic E-state index is 3.62. The summed E-state index contributed by atoms with van der Waals surface area (Å²) in [6, 6.07) is 10.1. The van der Waals surface area contributed by atoms with Crippen LogP contribution < -0.4 is 10.2 Å². The first-order valence-electron chi connectivity index (χ1n) is 8.48. The van der Waals surface area contributed by atoms with Crippen molar-refractivity contribution in [3.05, 3.63) is 29.8 Å². The van der Waals surface area contributed by atoms with E-state index in [2.05, 4.69) is 67.1 Å². The van der Waals surface area contributed by atoms with Crippen LogP contribution in [0.1, 0.15) is 45.7 Å². The molecule has 1 unspecified atom stereocenters. The first kappa shape index (κ1) is 16.3. The van der Waals surface area contributed by atoms with Crippen LogP contribution in [-0.2, 0) is 0 Å². The van der Waals surface area contributed by atoms with Crippen LogP contribution in [0, 0.1) is 0 Å². The first-order chi connectivity index (χ1) is 10.2. The highest BCUT2D eigenvalue weighted by atomic mass is 15.3. The smallest absolute Gasteiger partial charge is 0.0415 e. The highest BCUT2D eigenvalue weighted by molar-refractivity contribution is 5.55. The minimum absolute atomic E-state index is 0.467. The van der Waals surface area contributed by atoms with Crippen LogP contribution >= 0.6 is 0 Å². The van der Waals surface area contributed by atoms with E-state index in [4.69, 9.17) is 0 Å². The van der Waals surface area contributed by atoms with Crippen LogP contribution in [0.5, 0.6) is 0 Å². The fourth-order valence-corrected chi connectivity index (χ4v) is 3.27. The molecule has 0 radical (unpaired) electrons. The van der Waals surface area contributed by atoms with Crippen molar-refractivity contribution < 1.29 is 0 Å². The second-order valence-electron chi connectivity index (χ2n) is 6.19. The Bertz CT molecular complexity index is 422. The number of para-hydroxylation sites is 1. The van der Waals surface area contributed by atoms with Crippen LogP contribution in [-0.4, -0.2) is 43.7 Å². The van der Waals surface area contributed by atoms with Gasteiger partial charge in [-0.05, 0) is 38.4 Å². The summed E-state index contributed by atoms with van der Waals surface area (Å²) in [5, 5.41) is 3.62. The van der Waals surface area contributed by atoms with Crippen LogP contribution in [0.3, 0.4) is 0 Å². The average Bonchev–Trinajstić information content (AvgIpc) is 2.53.